The molecule has 130 valence electrons. The maximum absolute atomic E-state index is 11.8. The Labute approximate surface area is 141 Å². The van der Waals surface area contributed by atoms with Gasteiger partial charge < -0.3 is 10.5 Å². The minimum Gasteiger partial charge on any atom is -0.462 e. The zero-order valence-electron chi connectivity index (χ0n) is 14.7. The lowest BCUT2D eigenvalue weighted by molar-refractivity contribution is 0.0499. The molecule has 0 heterocycles. The first-order chi connectivity index (χ1) is 11.3. The van der Waals surface area contributed by atoms with Crippen molar-refractivity contribution in [3.05, 3.63) is 29.8 Å². The Kier molecular flexibility index (Phi) is 11.0. The van der Waals surface area contributed by atoms with Gasteiger partial charge in [0.2, 0.25) is 0 Å². The number of ether oxygens (including phenoxy) is 1. The number of rotatable bonds is 13. The number of nitrogens with two attached hydrogens (primary N) is 1. The molecule has 0 aromatic heterocycles. The van der Waals surface area contributed by atoms with E-state index in [0.717, 1.165) is 12.8 Å². The van der Waals surface area contributed by atoms with E-state index in [2.05, 4.69) is 6.92 Å². The van der Waals surface area contributed by atoms with Gasteiger partial charge in [-0.25, -0.2) is 4.79 Å². The van der Waals surface area contributed by atoms with Crippen LogP contribution in [-0.4, -0.2) is 12.6 Å². The van der Waals surface area contributed by atoms with Crippen molar-refractivity contribution in [2.45, 2.75) is 77.6 Å². The minimum atomic E-state index is -0.310. The lowest BCUT2D eigenvalue weighted by Gasteiger charge is -2.07. The second-order valence-electron chi connectivity index (χ2n) is 6.26. The quantitative estimate of drug-likeness (QED) is 0.287. The van der Waals surface area contributed by atoms with Crippen LogP contribution in [-0.2, 0) is 4.74 Å². The molecule has 0 spiro atoms. The van der Waals surface area contributed by atoms with E-state index in [9.17, 15) is 4.79 Å². The van der Waals surface area contributed by atoms with Crippen LogP contribution < -0.4 is 5.73 Å². The first-order valence-corrected chi connectivity index (χ1v) is 9.27. The average molecular weight is 319 g/mol. The number of nitrogen functional groups attached to an aromatic ring is 1. The van der Waals surface area contributed by atoms with Gasteiger partial charge in [-0.15, -0.1) is 0 Å². The zero-order chi connectivity index (χ0) is 16.8. The lowest BCUT2D eigenvalue weighted by Crippen LogP contribution is -2.09. The maximum Gasteiger partial charge on any atom is 0.340 e. The molecule has 2 N–H and O–H groups in total. The molecule has 0 aliphatic carbocycles. The number of carbonyl (C=O) groups is 1. The highest BCUT2D eigenvalue weighted by molar-refractivity contribution is 5.94. The van der Waals surface area contributed by atoms with Crippen LogP contribution in [0, 0.1) is 0 Å². The molecule has 0 aliphatic heterocycles. The summed E-state index contributed by atoms with van der Waals surface area (Å²) in [4.78, 5) is 11.8. The molecule has 3 nitrogen and oxygen atoms in total. The molecule has 0 unspecified atom stereocenters. The third kappa shape index (κ3) is 9.27. The Morgan fingerprint density at radius 3 is 1.96 bits per heavy atom. The van der Waals surface area contributed by atoms with Gasteiger partial charge >= 0.3 is 5.97 Å². The SMILES string of the molecule is CCCCCCCCCCCCCOC(=O)c1ccccc1N. The van der Waals surface area contributed by atoms with Crippen molar-refractivity contribution in [1.82, 2.24) is 0 Å². The fourth-order valence-corrected chi connectivity index (χ4v) is 2.69. The van der Waals surface area contributed by atoms with Crippen LogP contribution in [0.25, 0.3) is 0 Å². The van der Waals surface area contributed by atoms with E-state index < -0.39 is 0 Å². The molecular weight excluding hydrogens is 286 g/mol. The molecule has 3 heteroatoms. The summed E-state index contributed by atoms with van der Waals surface area (Å²) in [5, 5.41) is 0. The van der Waals surface area contributed by atoms with Crippen molar-refractivity contribution in [2.75, 3.05) is 12.3 Å². The van der Waals surface area contributed by atoms with E-state index in [1.54, 1.807) is 18.2 Å². The van der Waals surface area contributed by atoms with Crippen LogP contribution >= 0.6 is 0 Å². The minimum absolute atomic E-state index is 0.310. The fraction of sp³-hybridized carbons (Fsp3) is 0.650. The van der Waals surface area contributed by atoms with Gasteiger partial charge in [0.25, 0.3) is 0 Å². The summed E-state index contributed by atoms with van der Waals surface area (Å²) in [7, 11) is 0. The predicted molar refractivity (Wildman–Crippen MR) is 97.6 cm³/mol. The van der Waals surface area contributed by atoms with Crippen LogP contribution in [0.5, 0.6) is 0 Å². The standard InChI is InChI=1S/C20H33NO2/c1-2-3-4-5-6-7-8-9-10-11-14-17-23-20(22)18-15-12-13-16-19(18)21/h12-13,15-16H,2-11,14,17,21H2,1H3. The molecule has 0 fully saturated rings. The molecule has 0 radical (unpaired) electrons. The van der Waals surface area contributed by atoms with Crippen LogP contribution in [0.3, 0.4) is 0 Å². The number of hydrogen-bond acceptors (Lipinski definition) is 3. The summed E-state index contributed by atoms with van der Waals surface area (Å²) in [6.45, 7) is 2.75. The maximum atomic E-state index is 11.8. The third-order valence-corrected chi connectivity index (χ3v) is 4.16. The van der Waals surface area contributed by atoms with Gasteiger partial charge in [-0.2, -0.15) is 0 Å². The molecule has 0 saturated carbocycles. The third-order valence-electron chi connectivity index (χ3n) is 4.16. The smallest absolute Gasteiger partial charge is 0.340 e. The highest BCUT2D eigenvalue weighted by Gasteiger charge is 2.09. The number of esters is 1. The van der Waals surface area contributed by atoms with Gasteiger partial charge in [0, 0.05) is 5.69 Å². The molecule has 1 aromatic rings. The van der Waals surface area contributed by atoms with Crippen molar-refractivity contribution in [2.24, 2.45) is 0 Å². The average Bonchev–Trinajstić information content (AvgIpc) is 2.56. The number of unbranched alkanes of at least 4 members (excludes halogenated alkanes) is 10. The molecule has 0 saturated heterocycles. The first kappa shape index (κ1) is 19.5. The van der Waals surface area contributed by atoms with Gasteiger partial charge in [0.1, 0.15) is 0 Å². The van der Waals surface area contributed by atoms with Crippen molar-refractivity contribution in [3.8, 4) is 0 Å². The summed E-state index contributed by atoms with van der Waals surface area (Å²) in [5.74, 6) is -0.310. The molecular formula is C20H33NO2. The number of anilines is 1. The Balaban J connectivity index is 1.92. The Morgan fingerprint density at radius 2 is 1.39 bits per heavy atom. The molecule has 1 aromatic carbocycles. The monoisotopic (exact) mass is 319 g/mol. The Morgan fingerprint density at radius 1 is 0.870 bits per heavy atom. The summed E-state index contributed by atoms with van der Waals surface area (Å²) in [6, 6.07) is 7.04. The Hall–Kier alpha value is -1.51. The van der Waals surface area contributed by atoms with E-state index in [1.807, 2.05) is 6.07 Å². The van der Waals surface area contributed by atoms with E-state index >= 15 is 0 Å². The molecule has 1 rings (SSSR count). The van der Waals surface area contributed by atoms with Gasteiger partial charge in [-0.3, -0.25) is 0 Å². The van der Waals surface area contributed by atoms with E-state index in [4.69, 9.17) is 10.5 Å². The van der Waals surface area contributed by atoms with Crippen molar-refractivity contribution in [1.29, 1.82) is 0 Å². The largest absolute Gasteiger partial charge is 0.462 e. The molecule has 23 heavy (non-hydrogen) atoms. The van der Waals surface area contributed by atoms with Crippen LogP contribution in [0.4, 0.5) is 5.69 Å². The van der Waals surface area contributed by atoms with Gasteiger partial charge in [0.05, 0.1) is 12.2 Å². The highest BCUT2D eigenvalue weighted by atomic mass is 16.5. The molecule has 0 amide bonds. The Bertz CT molecular complexity index is 431. The lowest BCUT2D eigenvalue weighted by atomic mass is 10.1. The van der Waals surface area contributed by atoms with Crippen molar-refractivity contribution in [3.63, 3.8) is 0 Å². The summed E-state index contributed by atoms with van der Waals surface area (Å²) in [5.41, 5.74) is 6.71. The normalized spacial score (nSPS) is 10.7. The summed E-state index contributed by atoms with van der Waals surface area (Å²) < 4.78 is 5.27. The first-order valence-electron chi connectivity index (χ1n) is 9.27. The molecule has 0 bridgehead atoms. The fourth-order valence-electron chi connectivity index (χ4n) is 2.69. The van der Waals surface area contributed by atoms with Gasteiger partial charge in [-0.05, 0) is 18.6 Å². The number of benzene rings is 1. The second-order valence-corrected chi connectivity index (χ2v) is 6.26. The van der Waals surface area contributed by atoms with E-state index in [1.165, 1.54) is 57.8 Å². The van der Waals surface area contributed by atoms with Crippen LogP contribution in [0.2, 0.25) is 0 Å². The van der Waals surface area contributed by atoms with Crippen molar-refractivity contribution >= 4 is 11.7 Å². The number of hydrogen-bond donors (Lipinski definition) is 1. The second kappa shape index (κ2) is 13.0. The van der Waals surface area contributed by atoms with E-state index in [0.29, 0.717) is 17.9 Å². The molecule has 0 atom stereocenters. The topological polar surface area (TPSA) is 52.3 Å². The van der Waals surface area contributed by atoms with E-state index in [-0.39, 0.29) is 5.97 Å². The zero-order valence-corrected chi connectivity index (χ0v) is 14.7. The highest BCUT2D eigenvalue weighted by Crippen LogP contribution is 2.13. The number of carbonyl (C=O) groups excluding carboxylic acids is 1. The van der Waals surface area contributed by atoms with Gasteiger partial charge in [-0.1, -0.05) is 83.3 Å². The summed E-state index contributed by atoms with van der Waals surface area (Å²) in [6.07, 6.45) is 14.2. The van der Waals surface area contributed by atoms with Crippen LogP contribution in [0.15, 0.2) is 24.3 Å². The van der Waals surface area contributed by atoms with Crippen molar-refractivity contribution < 1.29 is 9.53 Å². The predicted octanol–water partition coefficient (Wildman–Crippen LogP) is 5.74. The number of para-hydroxylation sites is 1. The summed E-state index contributed by atoms with van der Waals surface area (Å²) >= 11 is 0. The van der Waals surface area contributed by atoms with Crippen LogP contribution in [0.1, 0.15) is 87.9 Å². The molecule has 0 aliphatic rings. The van der Waals surface area contributed by atoms with Gasteiger partial charge in [0.15, 0.2) is 0 Å².